The molecule has 5 nitrogen and oxygen atoms in total. The Kier molecular flexibility index (Phi) is 5.49. The summed E-state index contributed by atoms with van der Waals surface area (Å²) in [6, 6.07) is 6.56. The van der Waals surface area contributed by atoms with Crippen molar-refractivity contribution >= 4 is 11.7 Å². The molecule has 0 aliphatic carbocycles. The minimum Gasteiger partial charge on any atom is -0.235 e. The van der Waals surface area contributed by atoms with E-state index in [0.29, 0.717) is 0 Å². The van der Waals surface area contributed by atoms with Crippen molar-refractivity contribution in [2.75, 3.05) is 0 Å². The Balaban J connectivity index is 0.000000324. The fourth-order valence-electron chi connectivity index (χ4n) is 0.719. The van der Waals surface area contributed by atoms with Crippen molar-refractivity contribution in [1.82, 2.24) is 14.8 Å². The van der Waals surface area contributed by atoms with E-state index >= 15 is 0 Å². The SMILES string of the molecule is O=C=O.[Li+].[c-]1cnn2nccc2c1. The molecule has 0 bridgehead atoms. The number of fused-ring (bicyclic) bond motifs is 1. The smallest absolute Gasteiger partial charge is 0.235 e. The first-order chi connectivity index (χ1) is 5.88. The van der Waals surface area contributed by atoms with E-state index in [1.54, 1.807) is 17.0 Å². The second-order valence-electron chi connectivity index (χ2n) is 1.78. The van der Waals surface area contributed by atoms with Crippen molar-refractivity contribution in [3.05, 3.63) is 30.6 Å². The van der Waals surface area contributed by atoms with Crippen molar-refractivity contribution in [3.8, 4) is 0 Å². The second-order valence-corrected chi connectivity index (χ2v) is 1.78. The summed E-state index contributed by atoms with van der Waals surface area (Å²) in [5.74, 6) is 0. The van der Waals surface area contributed by atoms with Gasteiger partial charge < -0.3 is 0 Å². The summed E-state index contributed by atoms with van der Waals surface area (Å²) >= 11 is 0. The maximum absolute atomic E-state index is 8.12. The Morgan fingerprint density at radius 3 is 2.69 bits per heavy atom. The predicted molar refractivity (Wildman–Crippen MR) is 36.8 cm³/mol. The summed E-state index contributed by atoms with van der Waals surface area (Å²) in [6.45, 7) is 0. The van der Waals surface area contributed by atoms with E-state index < -0.39 is 0 Å². The van der Waals surface area contributed by atoms with Gasteiger partial charge in [-0.1, -0.05) is 11.6 Å². The first-order valence-corrected chi connectivity index (χ1v) is 3.04. The molecule has 0 spiro atoms. The zero-order valence-electron chi connectivity index (χ0n) is 6.97. The maximum Gasteiger partial charge on any atom is 1.00 e. The molecule has 0 amide bonds. The van der Waals surface area contributed by atoms with Crippen LogP contribution in [-0.2, 0) is 9.59 Å². The zero-order valence-corrected chi connectivity index (χ0v) is 6.97. The van der Waals surface area contributed by atoms with Gasteiger partial charge in [0.1, 0.15) is 0 Å². The fourth-order valence-corrected chi connectivity index (χ4v) is 0.719. The molecule has 0 radical (unpaired) electrons. The van der Waals surface area contributed by atoms with Crippen LogP contribution >= 0.6 is 0 Å². The van der Waals surface area contributed by atoms with Crippen LogP contribution in [-0.4, -0.2) is 21.0 Å². The third-order valence-corrected chi connectivity index (χ3v) is 1.13. The van der Waals surface area contributed by atoms with Crippen LogP contribution in [0.25, 0.3) is 5.52 Å². The van der Waals surface area contributed by atoms with Gasteiger partial charge in [-0.3, -0.25) is 0 Å². The molecule has 6 heteroatoms. The van der Waals surface area contributed by atoms with Crippen molar-refractivity contribution in [2.45, 2.75) is 0 Å². The van der Waals surface area contributed by atoms with Gasteiger partial charge in [0.25, 0.3) is 0 Å². The van der Waals surface area contributed by atoms with E-state index in [1.165, 1.54) is 0 Å². The Morgan fingerprint density at radius 1 is 1.38 bits per heavy atom. The zero-order chi connectivity index (χ0) is 8.81. The normalized spacial score (nSPS) is 7.69. The molecule has 2 heterocycles. The maximum atomic E-state index is 8.12. The molecule has 0 aliphatic heterocycles. The van der Waals surface area contributed by atoms with Crippen LogP contribution in [0, 0.1) is 6.07 Å². The molecule has 0 saturated heterocycles. The Morgan fingerprint density at radius 2 is 2.08 bits per heavy atom. The van der Waals surface area contributed by atoms with Crippen LogP contribution in [0.2, 0.25) is 0 Å². The number of rotatable bonds is 0. The van der Waals surface area contributed by atoms with E-state index in [0.717, 1.165) is 5.52 Å². The quantitative estimate of drug-likeness (QED) is 0.310. The standard InChI is InChI=1S/C6H4N3.CO2.Li/c1-2-6-3-5-8-9(6)7-4-1;2-1-3;/h2-5H;;/q-1;;+1. The number of hydrogen-bond donors (Lipinski definition) is 0. The third-order valence-electron chi connectivity index (χ3n) is 1.13. The van der Waals surface area contributed by atoms with Crippen molar-refractivity contribution in [2.24, 2.45) is 0 Å². The molecule has 0 aromatic carbocycles. The summed E-state index contributed by atoms with van der Waals surface area (Å²) in [6.07, 6.45) is 3.54. The third kappa shape index (κ3) is 3.22. The largest absolute Gasteiger partial charge is 1.00 e. The molecule has 60 valence electrons. The van der Waals surface area contributed by atoms with Gasteiger partial charge >= 0.3 is 25.0 Å². The Hall–Kier alpha value is -1.40. The van der Waals surface area contributed by atoms with E-state index in [1.807, 2.05) is 12.1 Å². The molecule has 2 rings (SSSR count). The van der Waals surface area contributed by atoms with E-state index in [2.05, 4.69) is 16.3 Å². The van der Waals surface area contributed by atoms with Gasteiger partial charge in [-0.15, -0.1) is 0 Å². The van der Waals surface area contributed by atoms with Crippen LogP contribution in [0.3, 0.4) is 0 Å². The van der Waals surface area contributed by atoms with E-state index in [-0.39, 0.29) is 25.0 Å². The number of aromatic nitrogens is 3. The fraction of sp³-hybridized carbons (Fsp3) is 0. The molecular weight excluding hydrogens is 165 g/mol. The average molecular weight is 169 g/mol. The first-order valence-electron chi connectivity index (χ1n) is 3.04. The summed E-state index contributed by atoms with van der Waals surface area (Å²) < 4.78 is 1.55. The van der Waals surface area contributed by atoms with Gasteiger partial charge in [-0.25, -0.2) is 16.8 Å². The molecule has 0 atom stereocenters. The van der Waals surface area contributed by atoms with Gasteiger partial charge in [0.15, 0.2) is 0 Å². The van der Waals surface area contributed by atoms with E-state index in [9.17, 15) is 0 Å². The molecule has 0 aliphatic rings. The molecule has 0 saturated carbocycles. The van der Waals surface area contributed by atoms with Crippen LogP contribution in [0.5, 0.6) is 0 Å². The summed E-state index contributed by atoms with van der Waals surface area (Å²) in [7, 11) is 0. The van der Waals surface area contributed by atoms with Crippen LogP contribution in [0.15, 0.2) is 24.5 Å². The Bertz CT molecular complexity index is 365. The van der Waals surface area contributed by atoms with Gasteiger partial charge in [0, 0.05) is 6.20 Å². The monoisotopic (exact) mass is 169 g/mol. The molecule has 13 heavy (non-hydrogen) atoms. The van der Waals surface area contributed by atoms with Gasteiger partial charge in [0.05, 0.1) is 0 Å². The second kappa shape index (κ2) is 6.15. The molecule has 2 aromatic heterocycles. The topological polar surface area (TPSA) is 64.3 Å². The van der Waals surface area contributed by atoms with Crippen molar-refractivity contribution in [3.63, 3.8) is 0 Å². The van der Waals surface area contributed by atoms with Gasteiger partial charge in [-0.05, 0) is 6.20 Å². The van der Waals surface area contributed by atoms with Gasteiger partial charge in [-0.2, -0.15) is 19.8 Å². The molecule has 0 fully saturated rings. The summed E-state index contributed by atoms with van der Waals surface area (Å²) in [4.78, 5) is 16.2. The number of nitrogens with zero attached hydrogens (tertiary/aromatic N) is 3. The molecule has 0 unspecified atom stereocenters. The minimum absolute atomic E-state index is 0. The number of hydrogen-bond acceptors (Lipinski definition) is 4. The summed E-state index contributed by atoms with van der Waals surface area (Å²) in [5, 5.41) is 7.80. The summed E-state index contributed by atoms with van der Waals surface area (Å²) in [5.41, 5.74) is 0.970. The number of carbonyl (C=O) groups excluding carboxylic acids is 2. The molecule has 0 N–H and O–H groups in total. The van der Waals surface area contributed by atoms with Crippen LogP contribution in [0.4, 0.5) is 0 Å². The molecular formula is C7H4LiN3O2. The first kappa shape index (κ1) is 11.6. The van der Waals surface area contributed by atoms with Gasteiger partial charge in [0.2, 0.25) is 0 Å². The minimum atomic E-state index is 0. The average Bonchev–Trinajstić information content (AvgIpc) is 2.52. The van der Waals surface area contributed by atoms with Crippen molar-refractivity contribution < 1.29 is 28.4 Å². The molecule has 2 aromatic rings. The van der Waals surface area contributed by atoms with Crippen LogP contribution < -0.4 is 18.9 Å². The van der Waals surface area contributed by atoms with Crippen LogP contribution in [0.1, 0.15) is 0 Å². The van der Waals surface area contributed by atoms with E-state index in [4.69, 9.17) is 9.59 Å². The Labute approximate surface area is 85.9 Å². The predicted octanol–water partition coefficient (Wildman–Crippen LogP) is -3.05. The van der Waals surface area contributed by atoms with Crippen molar-refractivity contribution in [1.29, 1.82) is 0 Å².